The third-order valence-corrected chi connectivity index (χ3v) is 10.0. The van der Waals surface area contributed by atoms with E-state index in [1.54, 1.807) is 6.26 Å². The van der Waals surface area contributed by atoms with E-state index in [-0.39, 0.29) is 35.7 Å². The second-order valence-electron chi connectivity index (χ2n) is 11.9. The van der Waals surface area contributed by atoms with E-state index in [1.807, 2.05) is 46.1 Å². The molecular formula is C27H36O7. The molecule has 1 spiro atoms. The highest BCUT2D eigenvalue weighted by atomic mass is 16.6. The fraction of sp³-hybridized carbons (Fsp3) is 0.704. The van der Waals surface area contributed by atoms with Crippen LogP contribution in [0.2, 0.25) is 0 Å². The van der Waals surface area contributed by atoms with Crippen molar-refractivity contribution in [1.29, 1.82) is 0 Å². The molecule has 5 rings (SSSR count). The molecule has 1 aromatic heterocycles. The van der Waals surface area contributed by atoms with E-state index in [4.69, 9.17) is 18.6 Å². The molecule has 4 aliphatic rings. The van der Waals surface area contributed by atoms with Gasteiger partial charge in [0.15, 0.2) is 0 Å². The Morgan fingerprint density at radius 3 is 2.62 bits per heavy atom. The molecule has 186 valence electrons. The maximum absolute atomic E-state index is 12.5. The van der Waals surface area contributed by atoms with Crippen LogP contribution in [-0.2, 0) is 23.8 Å². The van der Waals surface area contributed by atoms with Crippen LogP contribution in [0.5, 0.6) is 0 Å². The highest BCUT2D eigenvalue weighted by molar-refractivity contribution is 5.83. The normalized spacial score (nSPS) is 46.7. The number of furan rings is 1. The molecule has 0 amide bonds. The molecule has 0 bridgehead atoms. The Morgan fingerprint density at radius 1 is 1.24 bits per heavy atom. The van der Waals surface area contributed by atoms with Gasteiger partial charge in [0.1, 0.15) is 11.2 Å². The number of rotatable bonds is 4. The van der Waals surface area contributed by atoms with Crippen LogP contribution in [0, 0.1) is 22.7 Å². The molecule has 0 unspecified atom stereocenters. The Hall–Kier alpha value is -2.12. The van der Waals surface area contributed by atoms with Gasteiger partial charge in [-0.2, -0.15) is 0 Å². The highest BCUT2D eigenvalue weighted by Gasteiger charge is 2.84. The summed E-state index contributed by atoms with van der Waals surface area (Å²) in [5.41, 5.74) is -2.65. The van der Waals surface area contributed by atoms with Crippen LogP contribution in [0.25, 0.3) is 0 Å². The van der Waals surface area contributed by atoms with Gasteiger partial charge in [0.05, 0.1) is 37.8 Å². The number of carbonyl (C=O) groups excluding carboxylic acids is 2. The zero-order valence-electron chi connectivity index (χ0n) is 20.9. The molecule has 0 radical (unpaired) electrons. The highest BCUT2D eigenvalue weighted by Crippen LogP contribution is 2.77. The first-order valence-corrected chi connectivity index (χ1v) is 12.2. The summed E-state index contributed by atoms with van der Waals surface area (Å²) in [6.07, 6.45) is 9.27. The molecule has 0 aromatic carbocycles. The van der Waals surface area contributed by atoms with Crippen LogP contribution in [0.3, 0.4) is 0 Å². The van der Waals surface area contributed by atoms with Gasteiger partial charge < -0.3 is 23.7 Å². The predicted octanol–water partition coefficient (Wildman–Crippen LogP) is 4.15. The number of aliphatic hydroxyl groups is 1. The Balaban J connectivity index is 1.58. The lowest BCUT2D eigenvalue weighted by atomic mass is 9.47. The molecule has 2 aliphatic heterocycles. The molecule has 7 heteroatoms. The largest absolute Gasteiger partial charge is 0.472 e. The molecule has 2 saturated carbocycles. The summed E-state index contributed by atoms with van der Waals surface area (Å²) in [7, 11) is 1.36. The second kappa shape index (κ2) is 7.20. The Kier molecular flexibility index (Phi) is 5.00. The van der Waals surface area contributed by atoms with Crippen molar-refractivity contribution in [2.45, 2.75) is 89.1 Å². The number of esters is 2. The van der Waals surface area contributed by atoms with Crippen molar-refractivity contribution < 1.29 is 33.3 Å². The minimum Gasteiger partial charge on any atom is -0.472 e. The first-order valence-electron chi connectivity index (χ1n) is 12.2. The number of cyclic esters (lactones) is 1. The lowest BCUT2D eigenvalue weighted by Gasteiger charge is -2.59. The lowest BCUT2D eigenvalue weighted by Crippen LogP contribution is -2.65. The summed E-state index contributed by atoms with van der Waals surface area (Å²) in [6.45, 7) is 9.84. The Bertz CT molecular complexity index is 1020. The average Bonchev–Trinajstić information content (AvgIpc) is 3.16. The number of methoxy groups -OCH3 is 1. The standard InChI is InChI=1S/C27H36O7/c1-23(2)19(14-22(29)31-6)24(3,10-8-21(28)34-23)18-7-11-25(4)17(16-9-12-32-15-16)13-20-27(25,33-20)26(18,5)30/h8-10,12,15,17-20,30H,7,11,13-14H2,1-6H3/t17-,18+,19-,20+,24+,25-,26+,27+/m0/s1. The monoisotopic (exact) mass is 472 g/mol. The van der Waals surface area contributed by atoms with Gasteiger partial charge in [-0.1, -0.05) is 19.9 Å². The quantitative estimate of drug-likeness (QED) is 0.519. The molecule has 1 N–H and O–H groups in total. The fourth-order valence-corrected chi connectivity index (χ4v) is 8.45. The van der Waals surface area contributed by atoms with Crippen LogP contribution in [0.4, 0.5) is 0 Å². The first kappa shape index (κ1) is 23.6. The number of carbonyl (C=O) groups is 2. The van der Waals surface area contributed by atoms with Crippen LogP contribution >= 0.6 is 0 Å². The predicted molar refractivity (Wildman–Crippen MR) is 123 cm³/mol. The number of ether oxygens (including phenoxy) is 3. The number of epoxide rings is 1. The van der Waals surface area contributed by atoms with Crippen molar-refractivity contribution >= 4 is 11.9 Å². The van der Waals surface area contributed by atoms with Crippen molar-refractivity contribution in [1.82, 2.24) is 0 Å². The summed E-state index contributed by atoms with van der Waals surface area (Å²) in [6, 6.07) is 2.02. The van der Waals surface area contributed by atoms with Crippen molar-refractivity contribution in [3.8, 4) is 0 Å². The van der Waals surface area contributed by atoms with Gasteiger partial charge in [-0.15, -0.1) is 0 Å². The first-order chi connectivity index (χ1) is 15.8. The van der Waals surface area contributed by atoms with Gasteiger partial charge in [0.2, 0.25) is 0 Å². The molecule has 3 heterocycles. The average molecular weight is 473 g/mol. The SMILES string of the molecule is COC(=O)C[C@H]1C(C)(C)OC(=O)C=C[C@]1(C)[C@H]1CC[C@@]2(C)[C@H](c3ccoc3)C[C@H]3O[C@]32[C@]1(C)O. The number of allylic oxidation sites excluding steroid dienone is 1. The van der Waals surface area contributed by atoms with Gasteiger partial charge in [-0.3, -0.25) is 4.79 Å². The third-order valence-electron chi connectivity index (χ3n) is 10.0. The molecule has 3 fully saturated rings. The van der Waals surface area contributed by atoms with Gasteiger partial charge in [-0.25, -0.2) is 4.79 Å². The van der Waals surface area contributed by atoms with E-state index < -0.39 is 34.1 Å². The topological polar surface area (TPSA) is 98.5 Å². The summed E-state index contributed by atoms with van der Waals surface area (Å²) in [5.74, 6) is -1.22. The fourth-order valence-electron chi connectivity index (χ4n) is 8.45. The molecule has 2 aliphatic carbocycles. The van der Waals surface area contributed by atoms with Crippen molar-refractivity contribution in [3.63, 3.8) is 0 Å². The molecule has 1 saturated heterocycles. The summed E-state index contributed by atoms with van der Waals surface area (Å²) >= 11 is 0. The minimum atomic E-state index is -1.19. The molecular weight excluding hydrogens is 436 g/mol. The smallest absolute Gasteiger partial charge is 0.330 e. The van der Waals surface area contributed by atoms with Gasteiger partial charge >= 0.3 is 11.9 Å². The Labute approximate surface area is 200 Å². The van der Waals surface area contributed by atoms with Crippen LogP contribution < -0.4 is 0 Å². The van der Waals surface area contributed by atoms with E-state index in [2.05, 4.69) is 6.92 Å². The maximum atomic E-state index is 12.5. The minimum absolute atomic E-state index is 0.0430. The number of hydrogen-bond donors (Lipinski definition) is 1. The summed E-state index contributed by atoms with van der Waals surface area (Å²) < 4.78 is 22.6. The second-order valence-corrected chi connectivity index (χ2v) is 11.9. The van der Waals surface area contributed by atoms with E-state index in [0.717, 1.165) is 24.8 Å². The van der Waals surface area contributed by atoms with E-state index >= 15 is 0 Å². The van der Waals surface area contributed by atoms with E-state index in [1.165, 1.54) is 13.2 Å². The zero-order valence-corrected chi connectivity index (χ0v) is 20.9. The van der Waals surface area contributed by atoms with Gasteiger partial charge in [0, 0.05) is 17.4 Å². The van der Waals surface area contributed by atoms with Crippen molar-refractivity contribution in [2.75, 3.05) is 7.11 Å². The third kappa shape index (κ3) is 2.89. The zero-order chi connectivity index (χ0) is 24.7. The molecule has 7 nitrogen and oxygen atoms in total. The van der Waals surface area contributed by atoms with Crippen LogP contribution in [0.15, 0.2) is 35.2 Å². The van der Waals surface area contributed by atoms with Crippen LogP contribution in [0.1, 0.15) is 71.8 Å². The van der Waals surface area contributed by atoms with E-state index in [9.17, 15) is 14.7 Å². The maximum Gasteiger partial charge on any atom is 0.330 e. The molecule has 34 heavy (non-hydrogen) atoms. The van der Waals surface area contributed by atoms with Gasteiger partial charge in [0.25, 0.3) is 0 Å². The summed E-state index contributed by atoms with van der Waals surface area (Å²) in [5, 5.41) is 12.4. The van der Waals surface area contributed by atoms with E-state index in [0.29, 0.717) is 0 Å². The van der Waals surface area contributed by atoms with Crippen LogP contribution in [-0.4, -0.2) is 47.1 Å². The lowest BCUT2D eigenvalue weighted by molar-refractivity contribution is -0.199. The summed E-state index contributed by atoms with van der Waals surface area (Å²) in [4.78, 5) is 25.0. The van der Waals surface area contributed by atoms with Crippen molar-refractivity contribution in [2.24, 2.45) is 22.7 Å². The Morgan fingerprint density at radius 2 is 1.97 bits per heavy atom. The number of hydrogen-bond acceptors (Lipinski definition) is 7. The molecule has 1 aromatic rings. The molecule has 8 atom stereocenters. The van der Waals surface area contributed by atoms with Gasteiger partial charge in [-0.05, 0) is 68.9 Å². The van der Waals surface area contributed by atoms with Crippen molar-refractivity contribution in [3.05, 3.63) is 36.3 Å².